The molecule has 1 unspecified atom stereocenters. The smallest absolute Gasteiger partial charge is 0.294 e. The van der Waals surface area contributed by atoms with Crippen LogP contribution in [0.3, 0.4) is 0 Å². The van der Waals surface area contributed by atoms with Crippen molar-refractivity contribution < 1.29 is 0 Å². The third-order valence-electron chi connectivity index (χ3n) is 6.64. The van der Waals surface area contributed by atoms with Crippen LogP contribution in [0.4, 0.5) is 5.95 Å². The van der Waals surface area contributed by atoms with Crippen LogP contribution < -0.4 is 21.8 Å². The van der Waals surface area contributed by atoms with Crippen molar-refractivity contribution in [2.75, 3.05) is 18.0 Å². The predicted molar refractivity (Wildman–Crippen MR) is 135 cm³/mol. The van der Waals surface area contributed by atoms with Crippen molar-refractivity contribution in [3.63, 3.8) is 0 Å². The van der Waals surface area contributed by atoms with E-state index in [2.05, 4.69) is 9.97 Å². The fourth-order valence-corrected chi connectivity index (χ4v) is 5.06. The number of rotatable bonds is 5. The Morgan fingerprint density at radius 1 is 1.17 bits per heavy atom. The van der Waals surface area contributed by atoms with Gasteiger partial charge in [0, 0.05) is 36.8 Å². The molecule has 10 nitrogen and oxygen atoms in total. The number of fused-ring (bicyclic) bond motifs is 2. The van der Waals surface area contributed by atoms with Crippen LogP contribution in [-0.4, -0.2) is 43.0 Å². The van der Waals surface area contributed by atoms with E-state index < -0.39 is 5.56 Å². The van der Waals surface area contributed by atoms with Crippen LogP contribution in [0.1, 0.15) is 31.2 Å². The zero-order valence-corrected chi connectivity index (χ0v) is 19.9. The summed E-state index contributed by atoms with van der Waals surface area (Å²) >= 11 is 0. The zero-order chi connectivity index (χ0) is 24.7. The number of hydrogen-bond acceptors (Lipinski definition) is 7. The van der Waals surface area contributed by atoms with Crippen molar-refractivity contribution in [1.29, 1.82) is 5.26 Å². The second-order valence-corrected chi connectivity index (χ2v) is 9.02. The number of hydrogen-bond donors (Lipinski definition) is 1. The molecule has 180 valence electrons. The third kappa shape index (κ3) is 3.88. The number of imidazole rings is 1. The minimum Gasteiger partial charge on any atom is -0.341 e. The van der Waals surface area contributed by atoms with E-state index >= 15 is 0 Å². The van der Waals surface area contributed by atoms with Gasteiger partial charge in [0.15, 0.2) is 5.52 Å². The number of nitriles is 1. The summed E-state index contributed by atoms with van der Waals surface area (Å²) in [6.07, 6.45) is 1.85. The summed E-state index contributed by atoms with van der Waals surface area (Å²) in [7, 11) is 0. The van der Waals surface area contributed by atoms with Crippen LogP contribution in [0.2, 0.25) is 0 Å². The summed E-state index contributed by atoms with van der Waals surface area (Å²) in [6.45, 7) is 5.46. The molecule has 5 rings (SSSR count). The van der Waals surface area contributed by atoms with Gasteiger partial charge in [0.25, 0.3) is 11.1 Å². The first kappa shape index (κ1) is 22.8. The Hall–Kier alpha value is -3.97. The minimum absolute atomic E-state index is 0.0152. The molecular weight excluding hydrogens is 444 g/mol. The molecule has 1 aliphatic heterocycles. The Morgan fingerprint density at radius 2 is 1.97 bits per heavy atom. The lowest BCUT2D eigenvalue weighted by Crippen LogP contribution is -2.44. The highest BCUT2D eigenvalue weighted by Crippen LogP contribution is 2.23. The Morgan fingerprint density at radius 3 is 2.71 bits per heavy atom. The van der Waals surface area contributed by atoms with E-state index in [0.29, 0.717) is 24.7 Å². The molecule has 2 N–H and O–H groups in total. The maximum absolute atomic E-state index is 13.9. The maximum Gasteiger partial charge on any atom is 0.294 e. The molecule has 0 spiro atoms. The minimum atomic E-state index is -0.465. The van der Waals surface area contributed by atoms with Crippen molar-refractivity contribution in [3.8, 4) is 6.07 Å². The number of piperidine rings is 1. The highest BCUT2D eigenvalue weighted by Gasteiger charge is 2.26. The molecule has 0 radical (unpaired) electrons. The average Bonchev–Trinajstić information content (AvgIpc) is 3.24. The highest BCUT2D eigenvalue weighted by atomic mass is 16.2. The normalized spacial score (nSPS) is 16.2. The second-order valence-electron chi connectivity index (χ2n) is 9.02. The lowest BCUT2D eigenvalue weighted by molar-refractivity contribution is 0.475. The van der Waals surface area contributed by atoms with Crippen LogP contribution in [0.25, 0.3) is 21.8 Å². The Kier molecular flexibility index (Phi) is 5.86. The second kappa shape index (κ2) is 9.00. The first-order valence-electron chi connectivity index (χ1n) is 11.9. The van der Waals surface area contributed by atoms with Gasteiger partial charge in [-0.05, 0) is 38.1 Å². The van der Waals surface area contributed by atoms with Gasteiger partial charge in [0.2, 0.25) is 5.95 Å². The third-order valence-corrected chi connectivity index (χ3v) is 6.64. The molecule has 1 aliphatic rings. The lowest BCUT2D eigenvalue weighted by atomic mass is 10.1. The molecule has 0 saturated carbocycles. The summed E-state index contributed by atoms with van der Waals surface area (Å²) in [5.41, 5.74) is 7.16. The summed E-state index contributed by atoms with van der Waals surface area (Å²) in [5.74, 6) is 0.576. The number of benzene rings is 1. The molecule has 0 aliphatic carbocycles. The fraction of sp³-hybridized carbons (Fsp3) is 0.400. The summed E-state index contributed by atoms with van der Waals surface area (Å²) in [4.78, 5) is 38.8. The van der Waals surface area contributed by atoms with E-state index in [1.165, 1.54) is 9.36 Å². The summed E-state index contributed by atoms with van der Waals surface area (Å²) < 4.78 is 4.32. The molecule has 35 heavy (non-hydrogen) atoms. The number of anilines is 1. The van der Waals surface area contributed by atoms with Crippen LogP contribution in [0.15, 0.2) is 39.9 Å². The van der Waals surface area contributed by atoms with E-state index in [4.69, 9.17) is 5.73 Å². The molecule has 10 heteroatoms. The van der Waals surface area contributed by atoms with E-state index in [-0.39, 0.29) is 35.7 Å². The molecule has 1 aromatic carbocycles. The van der Waals surface area contributed by atoms with Crippen molar-refractivity contribution in [2.24, 2.45) is 5.73 Å². The number of aromatic nitrogens is 5. The standard InChI is InChI=1S/C25H28N8O2/c1-3-31-22-21(29-25(31)30-11-6-8-18(27)14-30)23(34)32(12-10-26)33(24(22)35)15-20-19-9-5-4-7-17(19)13-16(2)28-20/h4-5,7,9,13,18H,3,6,8,11-12,14-15,27H2,1-2H3. The van der Waals surface area contributed by atoms with Gasteiger partial charge in [0.05, 0.1) is 18.3 Å². The molecule has 1 fully saturated rings. The number of nitrogens with two attached hydrogens (primary N) is 1. The molecule has 0 amide bonds. The average molecular weight is 473 g/mol. The number of nitrogens with zero attached hydrogens (tertiary/aromatic N) is 7. The van der Waals surface area contributed by atoms with Gasteiger partial charge >= 0.3 is 0 Å². The van der Waals surface area contributed by atoms with Gasteiger partial charge < -0.3 is 15.2 Å². The molecule has 1 atom stereocenters. The van der Waals surface area contributed by atoms with Gasteiger partial charge in [-0.1, -0.05) is 24.3 Å². The number of aryl methyl sites for hydroxylation is 2. The summed E-state index contributed by atoms with van der Waals surface area (Å²) in [5, 5.41) is 11.4. The molecule has 4 heterocycles. The van der Waals surface area contributed by atoms with E-state index in [9.17, 15) is 14.9 Å². The van der Waals surface area contributed by atoms with Crippen LogP contribution in [-0.2, 0) is 19.6 Å². The van der Waals surface area contributed by atoms with E-state index in [1.807, 2.05) is 55.1 Å². The first-order valence-corrected chi connectivity index (χ1v) is 11.9. The molecule has 3 aromatic heterocycles. The van der Waals surface area contributed by atoms with E-state index in [1.54, 1.807) is 4.57 Å². The quantitative estimate of drug-likeness (QED) is 0.468. The fourth-order valence-electron chi connectivity index (χ4n) is 5.06. The van der Waals surface area contributed by atoms with Crippen molar-refractivity contribution in [2.45, 2.75) is 52.4 Å². The van der Waals surface area contributed by atoms with Crippen LogP contribution >= 0.6 is 0 Å². The Labute approximate surface area is 201 Å². The Bertz CT molecular complexity index is 1590. The van der Waals surface area contributed by atoms with Crippen LogP contribution in [0.5, 0.6) is 0 Å². The van der Waals surface area contributed by atoms with Crippen molar-refractivity contribution in [1.82, 2.24) is 23.9 Å². The SMILES string of the molecule is CCn1c(N2CCCC(N)C2)nc2c(=O)n(CC#N)n(Cc3nc(C)cc4ccccc34)c(=O)c21. The largest absolute Gasteiger partial charge is 0.341 e. The molecule has 0 bridgehead atoms. The van der Waals surface area contributed by atoms with Gasteiger partial charge in [-0.2, -0.15) is 5.26 Å². The van der Waals surface area contributed by atoms with Crippen molar-refractivity contribution >= 4 is 27.8 Å². The molecular formula is C25H28N8O2. The van der Waals surface area contributed by atoms with Crippen LogP contribution in [0, 0.1) is 18.3 Å². The first-order chi connectivity index (χ1) is 16.9. The molecule has 4 aromatic rings. The zero-order valence-electron chi connectivity index (χ0n) is 19.9. The van der Waals surface area contributed by atoms with Gasteiger partial charge in [-0.25, -0.2) is 14.3 Å². The van der Waals surface area contributed by atoms with Gasteiger partial charge in [0.1, 0.15) is 12.1 Å². The van der Waals surface area contributed by atoms with Gasteiger partial charge in [-0.15, -0.1) is 0 Å². The maximum atomic E-state index is 13.9. The number of pyridine rings is 1. The molecule has 1 saturated heterocycles. The highest BCUT2D eigenvalue weighted by molar-refractivity contribution is 5.85. The van der Waals surface area contributed by atoms with E-state index in [0.717, 1.165) is 35.9 Å². The predicted octanol–water partition coefficient (Wildman–Crippen LogP) is 1.74. The lowest BCUT2D eigenvalue weighted by Gasteiger charge is -2.31. The topological polar surface area (TPSA) is 128 Å². The Balaban J connectivity index is 1.75. The van der Waals surface area contributed by atoms with Crippen molar-refractivity contribution in [3.05, 3.63) is 62.4 Å². The van der Waals surface area contributed by atoms with Gasteiger partial charge in [-0.3, -0.25) is 14.6 Å². The monoisotopic (exact) mass is 472 g/mol. The summed E-state index contributed by atoms with van der Waals surface area (Å²) in [6, 6.07) is 11.8.